The molecule has 0 atom stereocenters. The number of aromatic nitrogens is 1. The molecule has 4 aromatic rings. The molecule has 1 aromatic heterocycles. The average Bonchev–Trinajstić information content (AvgIpc) is 3.17. The molecule has 0 radical (unpaired) electrons. The van der Waals surface area contributed by atoms with E-state index >= 15 is 0 Å². The van der Waals surface area contributed by atoms with E-state index < -0.39 is 0 Å². The number of hydrogen-bond acceptors (Lipinski definition) is 4. The van der Waals surface area contributed by atoms with Gasteiger partial charge in [-0.05, 0) is 41.2 Å². The minimum absolute atomic E-state index is 0.154. The molecule has 0 spiro atoms. The van der Waals surface area contributed by atoms with Gasteiger partial charge in [0.25, 0.3) is 0 Å². The first-order valence-electron chi connectivity index (χ1n) is 11.2. The zero-order valence-electron chi connectivity index (χ0n) is 18.5. The highest BCUT2D eigenvalue weighted by atomic mass is 16.5. The molecule has 3 heterocycles. The van der Waals surface area contributed by atoms with Crippen molar-refractivity contribution in [2.75, 3.05) is 20.8 Å². The van der Waals surface area contributed by atoms with Crippen LogP contribution >= 0.6 is 0 Å². The summed E-state index contributed by atoms with van der Waals surface area (Å²) in [5.74, 6) is 1.50. The molecule has 0 bridgehead atoms. The highest BCUT2D eigenvalue weighted by Gasteiger charge is 2.29. The lowest BCUT2D eigenvalue weighted by atomic mass is 9.90. The Hall–Kier alpha value is -3.31. The molecule has 5 heteroatoms. The van der Waals surface area contributed by atoms with Gasteiger partial charge in [0.2, 0.25) is 5.91 Å². The van der Waals surface area contributed by atoms with E-state index in [1.54, 1.807) is 14.2 Å². The van der Waals surface area contributed by atoms with Crippen LogP contribution in [0.15, 0.2) is 48.5 Å². The van der Waals surface area contributed by atoms with E-state index in [2.05, 4.69) is 41.3 Å². The number of aryl methyl sites for hydroxylation is 1. The van der Waals surface area contributed by atoms with Gasteiger partial charge in [0.05, 0.1) is 25.3 Å². The van der Waals surface area contributed by atoms with E-state index in [0.717, 1.165) is 48.9 Å². The fraction of sp³-hybridized carbons (Fsp3) is 0.296. The van der Waals surface area contributed by atoms with Gasteiger partial charge in [-0.1, -0.05) is 36.4 Å². The second-order valence-electron chi connectivity index (χ2n) is 8.80. The van der Waals surface area contributed by atoms with Crippen LogP contribution in [0.2, 0.25) is 0 Å². The van der Waals surface area contributed by atoms with Gasteiger partial charge in [0.1, 0.15) is 0 Å². The molecule has 0 unspecified atom stereocenters. The van der Waals surface area contributed by atoms with E-state index in [0.29, 0.717) is 17.9 Å². The molecule has 0 fully saturated rings. The van der Waals surface area contributed by atoms with Crippen molar-refractivity contribution < 1.29 is 14.3 Å². The molecule has 32 heavy (non-hydrogen) atoms. The average molecular weight is 427 g/mol. The van der Waals surface area contributed by atoms with Crippen LogP contribution < -0.4 is 9.47 Å². The molecular weight excluding hydrogens is 400 g/mol. The number of fused-ring (bicyclic) bond motifs is 5. The van der Waals surface area contributed by atoms with Gasteiger partial charge in [-0.3, -0.25) is 14.3 Å². The van der Waals surface area contributed by atoms with E-state index in [1.807, 2.05) is 16.7 Å². The van der Waals surface area contributed by atoms with Crippen molar-refractivity contribution in [2.45, 2.75) is 32.4 Å². The standard InChI is InChI=1S/C27H26N2O3/c1-31-23-13-20-22(14-24(23)32-2)29-25(30)9-8-19-12-18-10-11-28(15-17-6-4-3-5-7-17)16-21(18)26(20)27(19)29/h3-7,12-14H,8-11,15-16H2,1-2H3. The highest BCUT2D eigenvalue weighted by molar-refractivity contribution is 6.17. The van der Waals surface area contributed by atoms with Crippen molar-refractivity contribution in [3.8, 4) is 11.5 Å². The Bertz CT molecular complexity index is 1370. The number of carbonyl (C=O) groups is 1. The normalized spacial score (nSPS) is 15.9. The Morgan fingerprint density at radius 1 is 0.906 bits per heavy atom. The summed E-state index contributed by atoms with van der Waals surface area (Å²) in [7, 11) is 3.30. The van der Waals surface area contributed by atoms with Crippen molar-refractivity contribution in [3.63, 3.8) is 0 Å². The van der Waals surface area contributed by atoms with Crippen molar-refractivity contribution >= 4 is 27.7 Å². The van der Waals surface area contributed by atoms with Crippen LogP contribution in [0.25, 0.3) is 21.8 Å². The lowest BCUT2D eigenvalue weighted by Crippen LogP contribution is -2.30. The maximum atomic E-state index is 13.1. The molecular formula is C27H26N2O3. The zero-order valence-corrected chi connectivity index (χ0v) is 18.5. The first-order chi connectivity index (χ1) is 15.7. The number of hydrogen-bond donors (Lipinski definition) is 0. The number of carbonyl (C=O) groups excluding carboxylic acids is 1. The third kappa shape index (κ3) is 2.84. The lowest BCUT2D eigenvalue weighted by Gasteiger charge is -2.30. The van der Waals surface area contributed by atoms with Gasteiger partial charge in [-0.15, -0.1) is 0 Å². The van der Waals surface area contributed by atoms with Gasteiger partial charge in [-0.2, -0.15) is 0 Å². The second kappa shape index (κ2) is 7.38. The van der Waals surface area contributed by atoms with Gasteiger partial charge < -0.3 is 9.47 Å². The number of rotatable bonds is 4. The first kappa shape index (κ1) is 19.4. The zero-order chi connectivity index (χ0) is 21.8. The summed E-state index contributed by atoms with van der Waals surface area (Å²) < 4.78 is 13.1. The third-order valence-corrected chi connectivity index (χ3v) is 7.00. The fourth-order valence-corrected chi connectivity index (χ4v) is 5.51. The largest absolute Gasteiger partial charge is 0.493 e. The van der Waals surface area contributed by atoms with Gasteiger partial charge >= 0.3 is 0 Å². The van der Waals surface area contributed by atoms with Crippen LogP contribution in [-0.2, 0) is 25.9 Å². The summed E-state index contributed by atoms with van der Waals surface area (Å²) in [5, 5.41) is 2.28. The van der Waals surface area contributed by atoms with Crippen LogP contribution in [0.4, 0.5) is 0 Å². The Balaban J connectivity index is 1.58. The van der Waals surface area contributed by atoms with Crippen LogP contribution in [-0.4, -0.2) is 36.1 Å². The quantitative estimate of drug-likeness (QED) is 0.463. The van der Waals surface area contributed by atoms with Crippen molar-refractivity contribution in [1.82, 2.24) is 9.47 Å². The number of nitrogens with zero attached hydrogens (tertiary/aromatic N) is 2. The monoisotopic (exact) mass is 426 g/mol. The number of methoxy groups -OCH3 is 2. The molecule has 2 aliphatic rings. The molecule has 5 nitrogen and oxygen atoms in total. The number of benzene rings is 3. The first-order valence-corrected chi connectivity index (χ1v) is 11.2. The van der Waals surface area contributed by atoms with Crippen molar-refractivity contribution in [1.29, 1.82) is 0 Å². The van der Waals surface area contributed by atoms with Crippen LogP contribution in [0.3, 0.4) is 0 Å². The summed E-state index contributed by atoms with van der Waals surface area (Å²) >= 11 is 0. The Morgan fingerprint density at radius 2 is 1.69 bits per heavy atom. The van der Waals surface area contributed by atoms with Crippen LogP contribution in [0.1, 0.15) is 33.5 Å². The third-order valence-electron chi connectivity index (χ3n) is 7.00. The summed E-state index contributed by atoms with van der Waals surface area (Å²) in [4.78, 5) is 15.6. The smallest absolute Gasteiger partial charge is 0.231 e. The molecule has 0 N–H and O–H groups in total. The van der Waals surface area contributed by atoms with E-state index in [-0.39, 0.29) is 5.91 Å². The van der Waals surface area contributed by atoms with Gasteiger partial charge in [0.15, 0.2) is 11.5 Å². The lowest BCUT2D eigenvalue weighted by molar-refractivity contribution is 0.0908. The Kier molecular flexibility index (Phi) is 4.47. The fourth-order valence-electron chi connectivity index (χ4n) is 5.51. The predicted molar refractivity (Wildman–Crippen MR) is 126 cm³/mol. The number of ether oxygens (including phenoxy) is 2. The summed E-state index contributed by atoms with van der Waals surface area (Å²) in [6.07, 6.45) is 2.37. The summed E-state index contributed by atoms with van der Waals surface area (Å²) in [5.41, 5.74) is 7.36. The minimum atomic E-state index is 0.154. The molecule has 0 aliphatic carbocycles. The molecule has 0 saturated heterocycles. The molecule has 0 amide bonds. The maximum absolute atomic E-state index is 13.1. The summed E-state index contributed by atoms with van der Waals surface area (Å²) in [6.45, 7) is 2.85. The highest BCUT2D eigenvalue weighted by Crippen LogP contribution is 2.44. The Labute approximate surface area is 187 Å². The molecule has 6 rings (SSSR count). The maximum Gasteiger partial charge on any atom is 0.231 e. The Morgan fingerprint density at radius 3 is 2.47 bits per heavy atom. The van der Waals surface area contributed by atoms with Crippen LogP contribution in [0, 0.1) is 0 Å². The van der Waals surface area contributed by atoms with E-state index in [4.69, 9.17) is 9.47 Å². The van der Waals surface area contributed by atoms with Gasteiger partial charge in [0, 0.05) is 42.9 Å². The van der Waals surface area contributed by atoms with Crippen molar-refractivity contribution in [3.05, 3.63) is 70.8 Å². The minimum Gasteiger partial charge on any atom is -0.493 e. The topological polar surface area (TPSA) is 43.7 Å². The SMILES string of the molecule is COc1cc2c3c4c(cc5c3n(c2cc1OC)C(=O)CC5)CCN(Cc1ccccc1)C4. The molecule has 162 valence electrons. The van der Waals surface area contributed by atoms with Crippen LogP contribution in [0.5, 0.6) is 11.5 Å². The molecule has 2 aliphatic heterocycles. The molecule has 0 saturated carbocycles. The van der Waals surface area contributed by atoms with E-state index in [1.165, 1.54) is 27.6 Å². The van der Waals surface area contributed by atoms with E-state index in [9.17, 15) is 4.79 Å². The van der Waals surface area contributed by atoms with Gasteiger partial charge in [-0.25, -0.2) is 0 Å². The summed E-state index contributed by atoms with van der Waals surface area (Å²) in [6, 6.07) is 17.0. The predicted octanol–water partition coefficient (Wildman–Crippen LogP) is 4.96. The molecule has 3 aromatic carbocycles. The second-order valence-corrected chi connectivity index (χ2v) is 8.80. The van der Waals surface area contributed by atoms with Crippen molar-refractivity contribution in [2.24, 2.45) is 0 Å².